The van der Waals surface area contributed by atoms with Gasteiger partial charge in [0, 0.05) is 30.3 Å². The normalized spacial score (nSPS) is 18.2. The molecule has 2 N–H and O–H groups in total. The molecule has 0 spiro atoms. The van der Waals surface area contributed by atoms with Crippen LogP contribution in [0.3, 0.4) is 0 Å². The molecule has 1 atom stereocenters. The highest BCUT2D eigenvalue weighted by molar-refractivity contribution is 7.99. The molecule has 0 radical (unpaired) electrons. The van der Waals surface area contributed by atoms with Crippen molar-refractivity contribution in [2.24, 2.45) is 5.73 Å². The first-order chi connectivity index (χ1) is 9.29. The molecule has 2 rings (SSSR count). The molecule has 1 aromatic carbocycles. The van der Waals surface area contributed by atoms with Crippen LogP contribution in [-0.2, 0) is 4.74 Å². The summed E-state index contributed by atoms with van der Waals surface area (Å²) in [5, 5.41) is 0.711. The van der Waals surface area contributed by atoms with Gasteiger partial charge in [-0.15, -0.1) is 0 Å². The zero-order valence-electron chi connectivity index (χ0n) is 11.5. The average Bonchev–Trinajstić information content (AvgIpc) is 2.47. The Kier molecular flexibility index (Phi) is 6.01. The van der Waals surface area contributed by atoms with Crippen molar-refractivity contribution in [1.82, 2.24) is 0 Å². The predicted octanol–water partition coefficient (Wildman–Crippen LogP) is 3.00. The highest BCUT2D eigenvalue weighted by Gasteiger charge is 2.16. The van der Waals surface area contributed by atoms with Crippen molar-refractivity contribution in [2.75, 3.05) is 25.6 Å². The maximum Gasteiger partial charge on any atom is 0.119 e. The van der Waals surface area contributed by atoms with E-state index in [1.165, 1.54) is 5.56 Å². The lowest BCUT2D eigenvalue weighted by molar-refractivity contribution is 0.1000. The maximum atomic E-state index is 6.24. The molecular formula is C15H23NO2S. The topological polar surface area (TPSA) is 44.5 Å². The van der Waals surface area contributed by atoms with E-state index in [0.29, 0.717) is 11.9 Å². The van der Waals surface area contributed by atoms with Gasteiger partial charge in [0.05, 0.1) is 6.61 Å². The van der Waals surface area contributed by atoms with E-state index in [0.717, 1.165) is 37.6 Å². The van der Waals surface area contributed by atoms with Crippen LogP contribution in [0.5, 0.6) is 5.75 Å². The Bertz CT molecular complexity index is 363. The second-order valence-electron chi connectivity index (χ2n) is 4.75. The quantitative estimate of drug-likeness (QED) is 0.870. The highest BCUT2D eigenvalue weighted by atomic mass is 32.2. The van der Waals surface area contributed by atoms with E-state index in [4.69, 9.17) is 15.2 Å². The summed E-state index contributed by atoms with van der Waals surface area (Å²) in [4.78, 5) is 0. The number of benzene rings is 1. The molecule has 1 aliphatic heterocycles. The number of thioether (sulfide) groups is 1. The van der Waals surface area contributed by atoms with Crippen LogP contribution in [0.25, 0.3) is 0 Å². The summed E-state index contributed by atoms with van der Waals surface area (Å²) in [6.07, 6.45) is 2.31. The summed E-state index contributed by atoms with van der Waals surface area (Å²) in [5.74, 6) is 1.88. The molecule has 19 heavy (non-hydrogen) atoms. The highest BCUT2D eigenvalue weighted by Crippen LogP contribution is 2.26. The summed E-state index contributed by atoms with van der Waals surface area (Å²) in [7, 11) is 0. The molecule has 0 saturated carbocycles. The van der Waals surface area contributed by atoms with Gasteiger partial charge in [0.25, 0.3) is 0 Å². The van der Waals surface area contributed by atoms with Crippen LogP contribution in [0.2, 0.25) is 0 Å². The Morgan fingerprint density at radius 2 is 2.00 bits per heavy atom. The molecule has 106 valence electrons. The molecule has 1 unspecified atom stereocenters. The third-order valence-electron chi connectivity index (χ3n) is 3.30. The number of rotatable bonds is 6. The first-order valence-electron chi connectivity index (χ1n) is 6.97. The Balaban J connectivity index is 1.79. The van der Waals surface area contributed by atoms with Gasteiger partial charge >= 0.3 is 0 Å². The molecular weight excluding hydrogens is 258 g/mol. The minimum atomic E-state index is 0.100. The van der Waals surface area contributed by atoms with Crippen molar-refractivity contribution in [2.45, 2.75) is 31.1 Å². The van der Waals surface area contributed by atoms with Gasteiger partial charge in [-0.2, -0.15) is 11.8 Å². The van der Waals surface area contributed by atoms with E-state index in [2.05, 4.69) is 12.1 Å². The standard InChI is InChI=1S/C15H23NO2S/c1-2-18-13-5-3-12(4-6-13)15(16)11-19-14-7-9-17-10-8-14/h3-6,14-15H,2,7-11,16H2,1H3. The number of ether oxygens (including phenoxy) is 2. The van der Waals surface area contributed by atoms with Crippen LogP contribution < -0.4 is 10.5 Å². The predicted molar refractivity (Wildman–Crippen MR) is 80.8 cm³/mol. The molecule has 0 amide bonds. The lowest BCUT2D eigenvalue weighted by Crippen LogP contribution is -2.21. The van der Waals surface area contributed by atoms with E-state index in [-0.39, 0.29) is 6.04 Å². The lowest BCUT2D eigenvalue weighted by Gasteiger charge is -2.23. The Hall–Kier alpha value is -0.710. The van der Waals surface area contributed by atoms with Crippen molar-refractivity contribution in [3.05, 3.63) is 29.8 Å². The first-order valence-corrected chi connectivity index (χ1v) is 8.02. The van der Waals surface area contributed by atoms with Gasteiger partial charge in [0.2, 0.25) is 0 Å². The smallest absolute Gasteiger partial charge is 0.119 e. The van der Waals surface area contributed by atoms with Crippen molar-refractivity contribution >= 4 is 11.8 Å². The van der Waals surface area contributed by atoms with Crippen molar-refractivity contribution in [1.29, 1.82) is 0 Å². The molecule has 1 heterocycles. The van der Waals surface area contributed by atoms with Gasteiger partial charge in [0.1, 0.15) is 5.75 Å². The summed E-state index contributed by atoms with van der Waals surface area (Å²) in [6, 6.07) is 8.24. The molecule has 1 aliphatic rings. The van der Waals surface area contributed by atoms with Crippen LogP contribution >= 0.6 is 11.8 Å². The molecule has 0 aromatic heterocycles. The minimum absolute atomic E-state index is 0.100. The van der Waals surface area contributed by atoms with E-state index in [9.17, 15) is 0 Å². The minimum Gasteiger partial charge on any atom is -0.494 e. The molecule has 1 saturated heterocycles. The van der Waals surface area contributed by atoms with E-state index < -0.39 is 0 Å². The van der Waals surface area contributed by atoms with Gasteiger partial charge in [-0.05, 0) is 37.5 Å². The number of hydrogen-bond donors (Lipinski definition) is 1. The largest absolute Gasteiger partial charge is 0.494 e. The van der Waals surface area contributed by atoms with Crippen LogP contribution in [0.15, 0.2) is 24.3 Å². The summed E-state index contributed by atoms with van der Waals surface area (Å²) < 4.78 is 10.8. The van der Waals surface area contributed by atoms with Crippen LogP contribution in [0, 0.1) is 0 Å². The summed E-state index contributed by atoms with van der Waals surface area (Å²) in [6.45, 7) is 4.49. The van der Waals surface area contributed by atoms with Gasteiger partial charge in [-0.3, -0.25) is 0 Å². The molecule has 4 heteroatoms. The molecule has 1 aromatic rings. The summed E-state index contributed by atoms with van der Waals surface area (Å²) >= 11 is 1.98. The Morgan fingerprint density at radius 3 is 2.63 bits per heavy atom. The molecule has 1 fully saturated rings. The number of hydrogen-bond acceptors (Lipinski definition) is 4. The maximum absolute atomic E-state index is 6.24. The van der Waals surface area contributed by atoms with Gasteiger partial charge in [-0.25, -0.2) is 0 Å². The zero-order chi connectivity index (χ0) is 13.5. The average molecular weight is 281 g/mol. The summed E-state index contributed by atoms with van der Waals surface area (Å²) in [5.41, 5.74) is 7.43. The Morgan fingerprint density at radius 1 is 1.32 bits per heavy atom. The second-order valence-corrected chi connectivity index (χ2v) is 6.09. The monoisotopic (exact) mass is 281 g/mol. The van der Waals surface area contributed by atoms with E-state index in [1.54, 1.807) is 0 Å². The van der Waals surface area contributed by atoms with Crippen LogP contribution in [-0.4, -0.2) is 30.8 Å². The number of nitrogens with two attached hydrogens (primary N) is 1. The lowest BCUT2D eigenvalue weighted by atomic mass is 10.1. The fraction of sp³-hybridized carbons (Fsp3) is 0.600. The molecule has 3 nitrogen and oxygen atoms in total. The fourth-order valence-corrected chi connectivity index (χ4v) is 3.35. The molecule has 0 bridgehead atoms. The van der Waals surface area contributed by atoms with Crippen molar-refractivity contribution < 1.29 is 9.47 Å². The molecule has 0 aliphatic carbocycles. The van der Waals surface area contributed by atoms with E-state index in [1.807, 2.05) is 30.8 Å². The van der Waals surface area contributed by atoms with Gasteiger partial charge in [0.15, 0.2) is 0 Å². The van der Waals surface area contributed by atoms with Gasteiger partial charge in [-0.1, -0.05) is 12.1 Å². The third kappa shape index (κ3) is 4.71. The first kappa shape index (κ1) is 14.7. The van der Waals surface area contributed by atoms with Crippen LogP contribution in [0.1, 0.15) is 31.4 Å². The Labute approximate surface area is 119 Å². The second kappa shape index (κ2) is 7.78. The van der Waals surface area contributed by atoms with E-state index >= 15 is 0 Å². The van der Waals surface area contributed by atoms with Crippen molar-refractivity contribution in [3.63, 3.8) is 0 Å². The van der Waals surface area contributed by atoms with Crippen molar-refractivity contribution in [3.8, 4) is 5.75 Å². The third-order valence-corrected chi connectivity index (χ3v) is 4.79. The van der Waals surface area contributed by atoms with Gasteiger partial charge < -0.3 is 15.2 Å². The zero-order valence-corrected chi connectivity index (χ0v) is 12.3. The van der Waals surface area contributed by atoms with Crippen LogP contribution in [0.4, 0.5) is 0 Å². The SMILES string of the molecule is CCOc1ccc(C(N)CSC2CCOCC2)cc1. The fourth-order valence-electron chi connectivity index (χ4n) is 2.16.